The minimum Gasteiger partial charge on any atom is -0.462 e. The molecule has 0 radical (unpaired) electrons. The predicted octanol–water partition coefficient (Wildman–Crippen LogP) is 3.78. The van der Waals surface area contributed by atoms with E-state index in [4.69, 9.17) is 9.47 Å². The Bertz CT molecular complexity index is 410. The lowest BCUT2D eigenvalue weighted by Crippen LogP contribution is -2.49. The quantitative estimate of drug-likeness (QED) is 0.194. The van der Waals surface area contributed by atoms with Crippen LogP contribution in [0, 0.1) is 0 Å². The van der Waals surface area contributed by atoms with E-state index in [2.05, 4.69) is 42.0 Å². The normalized spacial score (nSPS) is 12.1. The van der Waals surface area contributed by atoms with Crippen molar-refractivity contribution in [1.82, 2.24) is 0 Å². The fourth-order valence-electron chi connectivity index (χ4n) is 3.30. The van der Waals surface area contributed by atoms with Crippen molar-refractivity contribution in [2.45, 2.75) is 71.6 Å². The van der Waals surface area contributed by atoms with E-state index in [1.165, 1.54) is 25.7 Å². The molecule has 0 rings (SSSR count). The van der Waals surface area contributed by atoms with Crippen molar-refractivity contribution in [3.8, 4) is 0 Å². The molecule has 29 heavy (non-hydrogen) atoms. The van der Waals surface area contributed by atoms with Crippen molar-refractivity contribution in [2.24, 2.45) is 0 Å². The number of ether oxygens (including phenoxy) is 2. The Morgan fingerprint density at radius 2 is 0.966 bits per heavy atom. The summed E-state index contributed by atoms with van der Waals surface area (Å²) in [7, 11) is 8.23. The molecule has 0 aromatic rings. The number of rotatable bonds is 18. The van der Waals surface area contributed by atoms with Crippen LogP contribution in [0.3, 0.4) is 0 Å². The minimum absolute atomic E-state index is 0.119. The molecule has 0 heterocycles. The summed E-state index contributed by atoms with van der Waals surface area (Å²) in [4.78, 5) is 24.1. The van der Waals surface area contributed by atoms with Gasteiger partial charge in [0, 0.05) is 6.42 Å². The first-order valence-corrected chi connectivity index (χ1v) is 11.6. The fraction of sp³-hybridized carbons (Fsp3) is 0.913. The summed E-state index contributed by atoms with van der Waals surface area (Å²) >= 11 is 0. The zero-order valence-electron chi connectivity index (χ0n) is 20.1. The van der Waals surface area contributed by atoms with Gasteiger partial charge in [-0.05, 0) is 12.8 Å². The van der Waals surface area contributed by atoms with Gasteiger partial charge >= 0.3 is 11.9 Å². The molecule has 6 nitrogen and oxygen atoms in total. The third-order valence-electron chi connectivity index (χ3n) is 5.16. The van der Waals surface area contributed by atoms with Gasteiger partial charge in [0.1, 0.15) is 0 Å². The van der Waals surface area contributed by atoms with E-state index in [1.807, 2.05) is 0 Å². The Labute approximate surface area is 179 Å². The molecular formula is C23H48N2O4+2. The molecule has 0 aliphatic heterocycles. The van der Waals surface area contributed by atoms with Gasteiger partial charge in [-0.2, -0.15) is 0 Å². The maximum Gasteiger partial charge on any atom is 0.361 e. The number of carbonyl (C=O) groups excluding carboxylic acids is 2. The summed E-state index contributed by atoms with van der Waals surface area (Å²) in [6.45, 7) is 7.93. The number of hydrogen-bond acceptors (Lipinski definition) is 4. The number of esters is 2. The van der Waals surface area contributed by atoms with Crippen molar-refractivity contribution in [3.63, 3.8) is 0 Å². The smallest absolute Gasteiger partial charge is 0.361 e. The summed E-state index contributed by atoms with van der Waals surface area (Å²) in [6.07, 6.45) is 9.84. The average molecular weight is 417 g/mol. The average Bonchev–Trinajstić information content (AvgIpc) is 2.60. The lowest BCUT2D eigenvalue weighted by molar-refractivity contribution is -0.902. The molecule has 0 atom stereocenters. The largest absolute Gasteiger partial charge is 0.462 e. The van der Waals surface area contributed by atoms with Crippen LogP contribution in [0.1, 0.15) is 71.6 Å². The fourth-order valence-corrected chi connectivity index (χ4v) is 3.30. The molecule has 0 aromatic heterocycles. The Hall–Kier alpha value is -1.14. The molecular weight excluding hydrogens is 368 g/mol. The van der Waals surface area contributed by atoms with E-state index in [0.29, 0.717) is 35.3 Å². The van der Waals surface area contributed by atoms with Gasteiger partial charge < -0.3 is 18.4 Å². The second kappa shape index (κ2) is 15.7. The lowest BCUT2D eigenvalue weighted by atomic mass is 10.2. The number of hydrogen-bond donors (Lipinski definition) is 0. The van der Waals surface area contributed by atoms with Gasteiger partial charge in [0.2, 0.25) is 0 Å². The van der Waals surface area contributed by atoms with Gasteiger partial charge in [-0.25, -0.2) is 9.59 Å². The standard InChI is InChI=1S/C23H48N2O4/c1-7-9-11-13-18-28-22(26)20-24(3,4)16-15-17-25(5,6)21-23(27)29-19-14-12-10-8-2/h7-21H2,1-6H3/q+2. The highest BCUT2D eigenvalue weighted by Crippen LogP contribution is 2.07. The second-order valence-corrected chi connectivity index (χ2v) is 9.55. The molecule has 0 amide bonds. The summed E-state index contributed by atoms with van der Waals surface area (Å²) < 4.78 is 11.9. The van der Waals surface area contributed by atoms with Gasteiger partial charge in [-0.3, -0.25) is 0 Å². The van der Waals surface area contributed by atoms with E-state index in [9.17, 15) is 9.59 Å². The topological polar surface area (TPSA) is 52.6 Å². The van der Waals surface area contributed by atoms with E-state index in [1.54, 1.807) is 0 Å². The SMILES string of the molecule is CCCCCCOC(=O)C[N+](C)(C)CCC[N+](C)(C)CC(=O)OCCCCCC. The van der Waals surface area contributed by atoms with Gasteiger partial charge in [-0.15, -0.1) is 0 Å². The zero-order valence-corrected chi connectivity index (χ0v) is 20.1. The van der Waals surface area contributed by atoms with Crippen LogP contribution in [0.15, 0.2) is 0 Å². The summed E-state index contributed by atoms with van der Waals surface area (Å²) in [6, 6.07) is 0. The summed E-state index contributed by atoms with van der Waals surface area (Å²) in [5, 5.41) is 0. The first kappa shape index (κ1) is 27.9. The highest BCUT2D eigenvalue weighted by atomic mass is 16.5. The molecule has 0 aliphatic carbocycles. The summed E-state index contributed by atoms with van der Waals surface area (Å²) in [5.41, 5.74) is 0. The van der Waals surface area contributed by atoms with Gasteiger partial charge in [0.15, 0.2) is 13.1 Å². The first-order chi connectivity index (χ1) is 13.6. The van der Waals surface area contributed by atoms with Crippen LogP contribution < -0.4 is 0 Å². The van der Waals surface area contributed by atoms with Crippen molar-refractivity contribution >= 4 is 11.9 Å². The van der Waals surface area contributed by atoms with Crippen molar-refractivity contribution in [3.05, 3.63) is 0 Å². The third kappa shape index (κ3) is 17.4. The van der Waals surface area contributed by atoms with Crippen LogP contribution in [0.4, 0.5) is 0 Å². The van der Waals surface area contributed by atoms with Gasteiger partial charge in [-0.1, -0.05) is 52.4 Å². The third-order valence-corrected chi connectivity index (χ3v) is 5.16. The number of carbonyl (C=O) groups is 2. The van der Waals surface area contributed by atoms with Crippen molar-refractivity contribution in [1.29, 1.82) is 0 Å². The van der Waals surface area contributed by atoms with Gasteiger partial charge in [0.05, 0.1) is 54.5 Å². The molecule has 0 spiro atoms. The Morgan fingerprint density at radius 3 is 1.31 bits per heavy atom. The van der Waals surface area contributed by atoms with Crippen LogP contribution in [0.5, 0.6) is 0 Å². The van der Waals surface area contributed by atoms with Crippen molar-refractivity contribution < 1.29 is 28.0 Å². The Kier molecular flexibility index (Phi) is 15.1. The molecule has 0 saturated carbocycles. The molecule has 0 saturated heterocycles. The van der Waals surface area contributed by atoms with Crippen molar-refractivity contribution in [2.75, 3.05) is 67.6 Å². The van der Waals surface area contributed by atoms with Crippen LogP contribution in [-0.4, -0.2) is 88.5 Å². The second-order valence-electron chi connectivity index (χ2n) is 9.55. The number of unbranched alkanes of at least 4 members (excludes halogenated alkanes) is 6. The number of quaternary nitrogens is 2. The lowest BCUT2D eigenvalue weighted by Gasteiger charge is -2.32. The Balaban J connectivity index is 4.03. The van der Waals surface area contributed by atoms with Gasteiger partial charge in [0.25, 0.3) is 0 Å². The molecule has 0 aromatic carbocycles. The molecule has 0 bridgehead atoms. The van der Waals surface area contributed by atoms with Crippen LogP contribution in [-0.2, 0) is 19.1 Å². The Morgan fingerprint density at radius 1 is 0.586 bits per heavy atom. The molecule has 6 heteroatoms. The molecule has 0 N–H and O–H groups in total. The first-order valence-electron chi connectivity index (χ1n) is 11.6. The number of likely N-dealkylation sites (N-methyl/N-ethyl adjacent to an activating group) is 2. The van der Waals surface area contributed by atoms with E-state index in [-0.39, 0.29) is 11.9 Å². The number of nitrogens with zero attached hydrogens (tertiary/aromatic N) is 2. The minimum atomic E-state index is -0.119. The molecule has 0 fully saturated rings. The van der Waals surface area contributed by atoms with Crippen LogP contribution in [0.2, 0.25) is 0 Å². The molecule has 0 unspecified atom stereocenters. The van der Waals surface area contributed by atoms with Crippen LogP contribution >= 0.6 is 0 Å². The maximum absolute atomic E-state index is 12.1. The van der Waals surface area contributed by atoms with E-state index >= 15 is 0 Å². The zero-order chi connectivity index (χ0) is 22.2. The van der Waals surface area contributed by atoms with E-state index in [0.717, 1.165) is 45.2 Å². The summed E-state index contributed by atoms with van der Waals surface area (Å²) in [5.74, 6) is -0.237. The highest BCUT2D eigenvalue weighted by Gasteiger charge is 2.25. The maximum atomic E-state index is 12.1. The van der Waals surface area contributed by atoms with Crippen LogP contribution in [0.25, 0.3) is 0 Å². The van der Waals surface area contributed by atoms with E-state index < -0.39 is 0 Å². The molecule has 0 aliphatic rings. The monoisotopic (exact) mass is 416 g/mol. The molecule has 172 valence electrons. The highest BCUT2D eigenvalue weighted by molar-refractivity contribution is 5.70. The predicted molar refractivity (Wildman–Crippen MR) is 119 cm³/mol.